The van der Waals surface area contributed by atoms with Gasteiger partial charge in [0.2, 0.25) is 5.89 Å². The quantitative estimate of drug-likeness (QED) is 0.737. The lowest BCUT2D eigenvalue weighted by Crippen LogP contribution is -1.97. The van der Waals surface area contributed by atoms with Gasteiger partial charge < -0.3 is 8.98 Å². The zero-order valence-electron chi connectivity index (χ0n) is 9.39. The number of alkyl halides is 1. The molecule has 3 aromatic rings. The topological polar surface area (TPSA) is 46.8 Å². The van der Waals surface area contributed by atoms with Gasteiger partial charge in [-0.15, -0.1) is 5.10 Å². The molecule has 0 bridgehead atoms. The molecule has 0 atom stereocenters. The van der Waals surface area contributed by atoms with Gasteiger partial charge in [-0.25, -0.2) is 9.49 Å². The average Bonchev–Trinajstić information content (AvgIpc) is 2.96. The van der Waals surface area contributed by atoms with Crippen molar-refractivity contribution < 1.29 is 8.81 Å². The highest BCUT2D eigenvalue weighted by Crippen LogP contribution is 2.23. The number of nitrogens with one attached hydrogen (secondary N) is 1. The van der Waals surface area contributed by atoms with E-state index in [0.29, 0.717) is 12.4 Å². The van der Waals surface area contributed by atoms with E-state index in [0.717, 1.165) is 16.5 Å². The van der Waals surface area contributed by atoms with Crippen LogP contribution in [0, 0.1) is 4.84 Å². The maximum atomic E-state index is 12.4. The van der Waals surface area contributed by atoms with Crippen molar-refractivity contribution in [1.82, 2.24) is 14.8 Å². The van der Waals surface area contributed by atoms with Crippen molar-refractivity contribution in [3.8, 4) is 11.5 Å². The first-order valence-electron chi connectivity index (χ1n) is 5.48. The minimum absolute atomic E-state index is 0.240. The third-order valence-electron chi connectivity index (χ3n) is 2.78. The number of hydrogen-bond donors (Lipinski definition) is 1. The Bertz CT molecular complexity index is 743. The van der Waals surface area contributed by atoms with Gasteiger partial charge in [-0.3, -0.25) is 0 Å². The Hall–Kier alpha value is -1.95. The fraction of sp³-hybridized carbons (Fsp3) is 0.167. The van der Waals surface area contributed by atoms with Crippen LogP contribution in [0.1, 0.15) is 0 Å². The Morgan fingerprint density at radius 1 is 1.39 bits per heavy atom. The third kappa shape index (κ3) is 1.84. The molecule has 0 fully saturated rings. The lowest BCUT2D eigenvalue weighted by Gasteiger charge is -2.02. The number of halogens is 1. The summed E-state index contributed by atoms with van der Waals surface area (Å²) in [6.45, 7) is -0.0476. The Morgan fingerprint density at radius 2 is 2.28 bits per heavy atom. The van der Waals surface area contributed by atoms with Crippen molar-refractivity contribution in [1.29, 1.82) is 0 Å². The van der Waals surface area contributed by atoms with Gasteiger partial charge in [0.25, 0.3) is 4.84 Å². The molecule has 6 heteroatoms. The van der Waals surface area contributed by atoms with Crippen LogP contribution in [0.3, 0.4) is 0 Å². The molecule has 4 nitrogen and oxygen atoms in total. The molecule has 0 spiro atoms. The molecule has 1 N–H and O–H groups in total. The summed E-state index contributed by atoms with van der Waals surface area (Å²) in [5.41, 5.74) is 1.77. The first kappa shape index (κ1) is 11.2. The van der Waals surface area contributed by atoms with Gasteiger partial charge >= 0.3 is 0 Å². The molecule has 0 unspecified atom stereocenters. The Morgan fingerprint density at radius 3 is 3.00 bits per heavy atom. The summed E-state index contributed by atoms with van der Waals surface area (Å²) in [4.78, 5) is 0.240. The van der Waals surface area contributed by atoms with Crippen LogP contribution in [0.25, 0.3) is 22.4 Å². The molecule has 3 rings (SSSR count). The van der Waals surface area contributed by atoms with Crippen molar-refractivity contribution in [2.45, 2.75) is 6.54 Å². The van der Waals surface area contributed by atoms with Crippen LogP contribution in [0.15, 0.2) is 34.9 Å². The van der Waals surface area contributed by atoms with Crippen LogP contribution in [-0.2, 0) is 6.54 Å². The molecule has 2 aromatic heterocycles. The van der Waals surface area contributed by atoms with Crippen LogP contribution >= 0.6 is 12.2 Å². The number of hydrogen-bond acceptors (Lipinski definition) is 3. The highest BCUT2D eigenvalue weighted by Gasteiger charge is 2.07. The molecular formula is C12H10FN3OS. The molecule has 0 aliphatic rings. The summed E-state index contributed by atoms with van der Waals surface area (Å²) >= 11 is 4.84. The van der Waals surface area contributed by atoms with Gasteiger partial charge in [0.1, 0.15) is 6.67 Å². The monoisotopic (exact) mass is 263 g/mol. The van der Waals surface area contributed by atoms with Crippen molar-refractivity contribution in [3.63, 3.8) is 0 Å². The van der Waals surface area contributed by atoms with Crippen molar-refractivity contribution >= 4 is 23.1 Å². The average molecular weight is 263 g/mol. The molecule has 0 aliphatic carbocycles. The maximum Gasteiger partial charge on any atom is 0.284 e. The highest BCUT2D eigenvalue weighted by atomic mass is 32.1. The number of aromatic nitrogens is 3. The van der Waals surface area contributed by atoms with Gasteiger partial charge in [-0.2, -0.15) is 0 Å². The second kappa shape index (κ2) is 4.38. The van der Waals surface area contributed by atoms with E-state index in [1.54, 1.807) is 0 Å². The van der Waals surface area contributed by atoms with Crippen molar-refractivity contribution in [2.75, 3.05) is 6.67 Å². The van der Waals surface area contributed by atoms with E-state index in [9.17, 15) is 4.39 Å². The first-order valence-corrected chi connectivity index (χ1v) is 5.89. The van der Waals surface area contributed by atoms with Crippen LogP contribution in [0.5, 0.6) is 0 Å². The molecular weight excluding hydrogens is 253 g/mol. The SMILES string of the molecule is FCCn1ccc2ccc(-c3n[nH]c(=S)o3)cc21. The summed E-state index contributed by atoms with van der Waals surface area (Å²) in [5.74, 6) is 0.440. The van der Waals surface area contributed by atoms with Crippen molar-refractivity contribution in [3.05, 3.63) is 35.3 Å². The minimum Gasteiger partial charge on any atom is -0.409 e. The van der Waals surface area contributed by atoms with E-state index < -0.39 is 6.67 Å². The van der Waals surface area contributed by atoms with Gasteiger partial charge in [-0.05, 0) is 35.8 Å². The number of H-pyrrole nitrogens is 1. The number of nitrogens with zero attached hydrogens (tertiary/aromatic N) is 2. The molecule has 1 aromatic carbocycles. The summed E-state index contributed by atoms with van der Waals surface area (Å²) in [5, 5.41) is 7.61. The van der Waals surface area contributed by atoms with E-state index in [1.165, 1.54) is 0 Å². The van der Waals surface area contributed by atoms with Crippen LogP contribution in [0.2, 0.25) is 0 Å². The number of benzene rings is 1. The Balaban J connectivity index is 2.14. The fourth-order valence-corrected chi connectivity index (χ4v) is 2.08. The summed E-state index contributed by atoms with van der Waals surface area (Å²) < 4.78 is 19.6. The van der Waals surface area contributed by atoms with Crippen LogP contribution in [0.4, 0.5) is 4.39 Å². The molecule has 2 heterocycles. The highest BCUT2D eigenvalue weighted by molar-refractivity contribution is 7.71. The maximum absolute atomic E-state index is 12.4. The number of aryl methyl sites for hydroxylation is 1. The van der Waals surface area contributed by atoms with Crippen LogP contribution < -0.4 is 0 Å². The first-order chi connectivity index (χ1) is 8.78. The van der Waals surface area contributed by atoms with Gasteiger partial charge in [0, 0.05) is 17.3 Å². The van der Waals surface area contributed by atoms with E-state index in [1.807, 2.05) is 35.0 Å². The van der Waals surface area contributed by atoms with E-state index in [2.05, 4.69) is 10.2 Å². The third-order valence-corrected chi connectivity index (χ3v) is 2.96. The molecule has 0 amide bonds. The minimum atomic E-state index is -0.392. The summed E-state index contributed by atoms with van der Waals surface area (Å²) in [6.07, 6.45) is 1.87. The molecule has 18 heavy (non-hydrogen) atoms. The zero-order chi connectivity index (χ0) is 12.5. The van der Waals surface area contributed by atoms with E-state index in [-0.39, 0.29) is 4.84 Å². The molecule has 0 aliphatic heterocycles. The number of rotatable bonds is 3. The normalized spacial score (nSPS) is 11.2. The second-order valence-electron chi connectivity index (χ2n) is 3.89. The van der Waals surface area contributed by atoms with Gasteiger partial charge in [-0.1, -0.05) is 6.07 Å². The second-order valence-corrected chi connectivity index (χ2v) is 4.26. The largest absolute Gasteiger partial charge is 0.409 e. The van der Waals surface area contributed by atoms with Gasteiger partial charge in [0.15, 0.2) is 0 Å². The molecule has 0 radical (unpaired) electrons. The molecule has 0 saturated heterocycles. The number of aromatic amines is 1. The van der Waals surface area contributed by atoms with E-state index in [4.69, 9.17) is 16.6 Å². The summed E-state index contributed by atoms with van der Waals surface area (Å²) in [7, 11) is 0. The molecule has 0 saturated carbocycles. The summed E-state index contributed by atoms with van der Waals surface area (Å²) in [6, 6.07) is 7.72. The Labute approximate surface area is 107 Å². The lowest BCUT2D eigenvalue weighted by atomic mass is 10.1. The van der Waals surface area contributed by atoms with Crippen LogP contribution in [-0.4, -0.2) is 21.4 Å². The van der Waals surface area contributed by atoms with Crippen molar-refractivity contribution in [2.24, 2.45) is 0 Å². The smallest absolute Gasteiger partial charge is 0.284 e. The van der Waals surface area contributed by atoms with E-state index >= 15 is 0 Å². The number of fused-ring (bicyclic) bond motifs is 1. The fourth-order valence-electron chi connectivity index (χ4n) is 1.96. The van der Waals surface area contributed by atoms with Gasteiger partial charge in [0.05, 0.1) is 6.54 Å². The Kier molecular flexibility index (Phi) is 2.71. The predicted octanol–water partition coefficient (Wildman–Crippen LogP) is 3.32. The predicted molar refractivity (Wildman–Crippen MR) is 68.6 cm³/mol. The standard InChI is InChI=1S/C12H10FN3OS/c13-4-6-16-5-3-8-1-2-9(7-10(8)16)11-14-15-12(18)17-11/h1-3,5,7H,4,6H2,(H,15,18). The lowest BCUT2D eigenvalue weighted by molar-refractivity contribution is 0.451. The molecule has 92 valence electrons. The zero-order valence-corrected chi connectivity index (χ0v) is 10.2.